The number of ether oxygens (including phenoxy) is 1. The first-order valence-corrected chi connectivity index (χ1v) is 7.04. The predicted octanol–water partition coefficient (Wildman–Crippen LogP) is 4.61. The van der Waals surface area contributed by atoms with Gasteiger partial charge in [0, 0.05) is 18.0 Å². The van der Waals surface area contributed by atoms with Crippen LogP contribution in [0.1, 0.15) is 30.0 Å². The zero-order valence-electron chi connectivity index (χ0n) is 12.0. The molecule has 2 aromatic rings. The van der Waals surface area contributed by atoms with Crippen molar-refractivity contribution in [3.8, 4) is 5.75 Å². The third-order valence-electron chi connectivity index (χ3n) is 3.29. The number of nitrogens with two attached hydrogens (primary N) is 1. The van der Waals surface area contributed by atoms with Gasteiger partial charge in [-0.2, -0.15) is 13.2 Å². The Morgan fingerprint density at radius 2 is 1.59 bits per heavy atom. The molecule has 2 N–H and O–H groups in total. The highest BCUT2D eigenvalue weighted by Crippen LogP contribution is 2.30. The molecule has 0 heterocycles. The maximum absolute atomic E-state index is 12.3. The van der Waals surface area contributed by atoms with Crippen molar-refractivity contribution in [1.82, 2.24) is 0 Å². The molecule has 118 valence electrons. The molecule has 0 radical (unpaired) electrons. The molecule has 0 amide bonds. The summed E-state index contributed by atoms with van der Waals surface area (Å²) in [6.45, 7) is 0.351. The highest BCUT2D eigenvalue weighted by molar-refractivity contribution is 5.36. The molecule has 0 spiro atoms. The van der Waals surface area contributed by atoms with Gasteiger partial charge in [-0.05, 0) is 18.1 Å². The van der Waals surface area contributed by atoms with Crippen molar-refractivity contribution < 1.29 is 17.9 Å². The van der Waals surface area contributed by atoms with Crippen LogP contribution in [0, 0.1) is 0 Å². The molecule has 22 heavy (non-hydrogen) atoms. The molecule has 0 unspecified atom stereocenters. The van der Waals surface area contributed by atoms with E-state index in [4.69, 9.17) is 10.5 Å². The van der Waals surface area contributed by atoms with E-state index in [2.05, 4.69) is 0 Å². The lowest BCUT2D eigenvalue weighted by Gasteiger charge is -2.17. The van der Waals surface area contributed by atoms with Crippen LogP contribution in [0.25, 0.3) is 0 Å². The van der Waals surface area contributed by atoms with Crippen molar-refractivity contribution in [3.63, 3.8) is 0 Å². The summed E-state index contributed by atoms with van der Waals surface area (Å²) in [4.78, 5) is 0. The van der Waals surface area contributed by atoms with Crippen molar-refractivity contribution in [2.75, 3.05) is 0 Å². The maximum Gasteiger partial charge on any atom is 0.389 e. The van der Waals surface area contributed by atoms with Crippen LogP contribution in [-0.2, 0) is 6.61 Å². The van der Waals surface area contributed by atoms with Crippen LogP contribution >= 0.6 is 0 Å². The fourth-order valence-corrected chi connectivity index (χ4v) is 2.13. The van der Waals surface area contributed by atoms with Gasteiger partial charge in [0.15, 0.2) is 0 Å². The normalized spacial score (nSPS) is 12.9. The van der Waals surface area contributed by atoms with Gasteiger partial charge in [-0.15, -0.1) is 0 Å². The van der Waals surface area contributed by atoms with Crippen LogP contribution in [-0.4, -0.2) is 6.18 Å². The molecule has 0 aliphatic rings. The average molecular weight is 309 g/mol. The molecular formula is C17H18F3NO. The van der Waals surface area contributed by atoms with E-state index in [-0.39, 0.29) is 6.42 Å². The Balaban J connectivity index is 2.03. The summed E-state index contributed by atoms with van der Waals surface area (Å²) in [6.07, 6.45) is -5.26. The molecule has 0 saturated heterocycles. The predicted molar refractivity (Wildman–Crippen MR) is 79.4 cm³/mol. The van der Waals surface area contributed by atoms with Crippen molar-refractivity contribution in [2.24, 2.45) is 5.73 Å². The summed E-state index contributed by atoms with van der Waals surface area (Å²) in [5, 5.41) is 0. The summed E-state index contributed by atoms with van der Waals surface area (Å²) >= 11 is 0. The zero-order chi connectivity index (χ0) is 16.0. The molecule has 0 aromatic heterocycles. The number of rotatable bonds is 6. The number of alkyl halides is 3. The summed E-state index contributed by atoms with van der Waals surface area (Å²) in [7, 11) is 0. The fraction of sp³-hybridized carbons (Fsp3) is 0.294. The highest BCUT2D eigenvalue weighted by Gasteiger charge is 2.28. The van der Waals surface area contributed by atoms with Gasteiger partial charge in [0.2, 0.25) is 0 Å². The SMILES string of the molecule is N[C@H](CCC(F)(F)F)c1ccccc1OCc1ccccc1. The second-order valence-electron chi connectivity index (χ2n) is 5.07. The van der Waals surface area contributed by atoms with Crippen LogP contribution in [0.5, 0.6) is 5.75 Å². The number of halogens is 3. The number of hydrogen-bond acceptors (Lipinski definition) is 2. The maximum atomic E-state index is 12.3. The smallest absolute Gasteiger partial charge is 0.389 e. The third kappa shape index (κ3) is 5.07. The van der Waals surface area contributed by atoms with E-state index in [9.17, 15) is 13.2 Å². The van der Waals surface area contributed by atoms with Crippen LogP contribution in [0.4, 0.5) is 13.2 Å². The quantitative estimate of drug-likeness (QED) is 0.846. The van der Waals surface area contributed by atoms with Crippen molar-refractivity contribution in [3.05, 3.63) is 65.7 Å². The molecule has 2 aromatic carbocycles. The standard InChI is InChI=1S/C17H18F3NO/c18-17(19,20)11-10-15(21)14-8-4-5-9-16(14)22-12-13-6-2-1-3-7-13/h1-9,15H,10-12,21H2/t15-/m1/s1. The van der Waals surface area contributed by atoms with Crippen LogP contribution in [0.2, 0.25) is 0 Å². The first kappa shape index (κ1) is 16.4. The molecule has 0 saturated carbocycles. The lowest BCUT2D eigenvalue weighted by Crippen LogP contribution is -2.16. The summed E-state index contributed by atoms with van der Waals surface area (Å²) in [6, 6.07) is 15.8. The van der Waals surface area contributed by atoms with Gasteiger partial charge in [-0.1, -0.05) is 48.5 Å². The Hall–Kier alpha value is -2.01. The van der Waals surface area contributed by atoms with Crippen LogP contribution in [0.15, 0.2) is 54.6 Å². The average Bonchev–Trinajstić information content (AvgIpc) is 2.51. The van der Waals surface area contributed by atoms with Gasteiger partial charge in [0.05, 0.1) is 0 Å². The van der Waals surface area contributed by atoms with Crippen LogP contribution in [0.3, 0.4) is 0 Å². The molecule has 0 aliphatic carbocycles. The topological polar surface area (TPSA) is 35.2 Å². The Bertz CT molecular complexity index is 584. The lowest BCUT2D eigenvalue weighted by atomic mass is 10.0. The molecular weight excluding hydrogens is 291 g/mol. The van der Waals surface area contributed by atoms with Gasteiger partial charge in [-0.25, -0.2) is 0 Å². The molecule has 1 atom stereocenters. The molecule has 2 nitrogen and oxygen atoms in total. The largest absolute Gasteiger partial charge is 0.489 e. The molecule has 2 rings (SSSR count). The summed E-state index contributed by atoms with van der Waals surface area (Å²) < 4.78 is 42.7. The zero-order valence-corrected chi connectivity index (χ0v) is 12.0. The van der Waals surface area contributed by atoms with E-state index >= 15 is 0 Å². The second kappa shape index (κ2) is 7.31. The Kier molecular flexibility index (Phi) is 5.44. The molecule has 0 aliphatic heterocycles. The van der Waals surface area contributed by atoms with E-state index < -0.39 is 18.6 Å². The minimum atomic E-state index is -4.20. The summed E-state index contributed by atoms with van der Waals surface area (Å²) in [5.74, 6) is 0.529. The van der Waals surface area contributed by atoms with E-state index in [1.165, 1.54) is 0 Å². The number of benzene rings is 2. The van der Waals surface area contributed by atoms with Gasteiger partial charge in [0.1, 0.15) is 12.4 Å². The van der Waals surface area contributed by atoms with Gasteiger partial charge < -0.3 is 10.5 Å². The Labute approximate surface area is 127 Å². The number of para-hydroxylation sites is 1. The van der Waals surface area contributed by atoms with E-state index in [1.54, 1.807) is 24.3 Å². The van der Waals surface area contributed by atoms with Gasteiger partial charge in [0.25, 0.3) is 0 Å². The number of hydrogen-bond donors (Lipinski definition) is 1. The first-order valence-electron chi connectivity index (χ1n) is 7.04. The van der Waals surface area contributed by atoms with Crippen molar-refractivity contribution >= 4 is 0 Å². The minimum Gasteiger partial charge on any atom is -0.489 e. The minimum absolute atomic E-state index is 0.158. The highest BCUT2D eigenvalue weighted by atomic mass is 19.4. The van der Waals surface area contributed by atoms with E-state index in [1.807, 2.05) is 30.3 Å². The lowest BCUT2D eigenvalue weighted by molar-refractivity contribution is -0.136. The molecule has 0 fully saturated rings. The van der Waals surface area contributed by atoms with Crippen molar-refractivity contribution in [2.45, 2.75) is 31.7 Å². The monoisotopic (exact) mass is 309 g/mol. The van der Waals surface area contributed by atoms with E-state index in [0.717, 1.165) is 5.56 Å². The third-order valence-corrected chi connectivity index (χ3v) is 3.29. The first-order chi connectivity index (χ1) is 10.5. The Morgan fingerprint density at radius 3 is 2.27 bits per heavy atom. The molecule has 5 heteroatoms. The van der Waals surface area contributed by atoms with E-state index in [0.29, 0.717) is 17.9 Å². The fourth-order valence-electron chi connectivity index (χ4n) is 2.13. The van der Waals surface area contributed by atoms with Gasteiger partial charge >= 0.3 is 6.18 Å². The molecule has 0 bridgehead atoms. The Morgan fingerprint density at radius 1 is 0.955 bits per heavy atom. The summed E-state index contributed by atoms with van der Waals surface area (Å²) in [5.41, 5.74) is 7.48. The van der Waals surface area contributed by atoms with Gasteiger partial charge in [-0.3, -0.25) is 0 Å². The second-order valence-corrected chi connectivity index (χ2v) is 5.07. The van der Waals surface area contributed by atoms with Crippen LogP contribution < -0.4 is 10.5 Å². The van der Waals surface area contributed by atoms with Crippen molar-refractivity contribution in [1.29, 1.82) is 0 Å².